The van der Waals surface area contributed by atoms with E-state index in [0.29, 0.717) is 17.3 Å². The highest BCUT2D eigenvalue weighted by Gasteiger charge is 2.30. The fourth-order valence-electron chi connectivity index (χ4n) is 1.93. The summed E-state index contributed by atoms with van der Waals surface area (Å²) in [5.74, 6) is 0. The van der Waals surface area contributed by atoms with Gasteiger partial charge in [0.1, 0.15) is 4.21 Å². The van der Waals surface area contributed by atoms with E-state index in [9.17, 15) is 8.42 Å². The summed E-state index contributed by atoms with van der Waals surface area (Å²) >= 11 is 1.28. The van der Waals surface area contributed by atoms with Gasteiger partial charge in [0.25, 0.3) is 10.0 Å². The van der Waals surface area contributed by atoms with Crippen LogP contribution < -0.4 is 5.32 Å². The van der Waals surface area contributed by atoms with Crippen molar-refractivity contribution in [2.24, 2.45) is 0 Å². The summed E-state index contributed by atoms with van der Waals surface area (Å²) in [5.41, 5.74) is 0. The summed E-state index contributed by atoms with van der Waals surface area (Å²) in [6, 6.07) is 3.73. The normalized spacial score (nSPS) is 23.4. The molecule has 0 unspecified atom stereocenters. The van der Waals surface area contributed by atoms with Gasteiger partial charge < -0.3 is 5.32 Å². The molecule has 0 aromatic carbocycles. The minimum atomic E-state index is -3.25. The van der Waals surface area contributed by atoms with Crippen LogP contribution in [0, 0.1) is 0 Å². The van der Waals surface area contributed by atoms with Gasteiger partial charge in [-0.2, -0.15) is 4.31 Å². The van der Waals surface area contributed by atoms with Gasteiger partial charge in [-0.05, 0) is 31.3 Å². The highest BCUT2D eigenvalue weighted by atomic mass is 32.2. The maximum atomic E-state index is 12.2. The van der Waals surface area contributed by atoms with E-state index in [1.165, 1.54) is 11.3 Å². The predicted octanol–water partition coefficient (Wildman–Crippen LogP) is 1.12. The van der Waals surface area contributed by atoms with Gasteiger partial charge in [-0.3, -0.25) is 0 Å². The Balaban J connectivity index is 2.18. The summed E-state index contributed by atoms with van der Waals surface area (Å²) in [6.07, 6.45) is 1.98. The maximum absolute atomic E-state index is 12.2. The molecule has 0 radical (unpaired) electrons. The van der Waals surface area contributed by atoms with Crippen molar-refractivity contribution < 1.29 is 8.42 Å². The molecule has 0 saturated carbocycles. The quantitative estimate of drug-likeness (QED) is 0.886. The third-order valence-electron chi connectivity index (χ3n) is 2.88. The van der Waals surface area contributed by atoms with Crippen molar-refractivity contribution in [3.8, 4) is 0 Å². The maximum Gasteiger partial charge on any atom is 0.252 e. The second-order valence-corrected chi connectivity index (χ2v) is 7.04. The predicted molar refractivity (Wildman–Crippen MR) is 65.2 cm³/mol. The number of hydrogen-bond donors (Lipinski definition) is 1. The first-order valence-electron chi connectivity index (χ1n) is 5.35. The summed E-state index contributed by atoms with van der Waals surface area (Å²) in [4.78, 5) is 0. The number of hydrogen-bond acceptors (Lipinski definition) is 4. The van der Waals surface area contributed by atoms with Crippen LogP contribution in [-0.4, -0.2) is 38.9 Å². The number of piperidine rings is 1. The number of sulfonamides is 1. The molecule has 1 aromatic rings. The van der Waals surface area contributed by atoms with Crippen LogP contribution in [0.2, 0.25) is 0 Å². The van der Waals surface area contributed by atoms with E-state index in [-0.39, 0.29) is 6.04 Å². The number of thiophene rings is 1. The standard InChI is InChI=1S/C10H16N2O2S2/c1-11-9-4-2-6-12(8-9)16(13,14)10-5-3-7-15-10/h3,5,7,9,11H,2,4,6,8H2,1H3/t9-/m0/s1. The first-order valence-corrected chi connectivity index (χ1v) is 7.67. The van der Waals surface area contributed by atoms with Gasteiger partial charge in [0.05, 0.1) is 0 Å². The van der Waals surface area contributed by atoms with Gasteiger partial charge >= 0.3 is 0 Å². The Hall–Kier alpha value is -0.430. The molecule has 0 bridgehead atoms. The van der Waals surface area contributed by atoms with Crippen molar-refractivity contribution in [2.75, 3.05) is 20.1 Å². The Morgan fingerprint density at radius 1 is 1.56 bits per heavy atom. The Morgan fingerprint density at radius 2 is 2.38 bits per heavy atom. The molecule has 1 atom stereocenters. The van der Waals surface area contributed by atoms with E-state index >= 15 is 0 Å². The first kappa shape index (κ1) is 12.0. The van der Waals surface area contributed by atoms with Crippen molar-refractivity contribution in [1.82, 2.24) is 9.62 Å². The van der Waals surface area contributed by atoms with Crippen molar-refractivity contribution in [3.63, 3.8) is 0 Å². The lowest BCUT2D eigenvalue weighted by Gasteiger charge is -2.31. The second kappa shape index (κ2) is 4.83. The number of nitrogens with zero attached hydrogens (tertiary/aromatic N) is 1. The van der Waals surface area contributed by atoms with Gasteiger partial charge in [-0.1, -0.05) is 6.07 Å². The zero-order valence-corrected chi connectivity index (χ0v) is 10.9. The number of likely N-dealkylation sites (N-methyl/N-ethyl adjacent to an activating group) is 1. The number of nitrogens with one attached hydrogen (secondary N) is 1. The van der Waals surface area contributed by atoms with E-state index in [4.69, 9.17) is 0 Å². The molecular formula is C10H16N2O2S2. The second-order valence-electron chi connectivity index (χ2n) is 3.92. The van der Waals surface area contributed by atoms with Gasteiger partial charge in [0.2, 0.25) is 0 Å². The van der Waals surface area contributed by atoms with E-state index < -0.39 is 10.0 Å². The molecule has 6 heteroatoms. The summed E-state index contributed by atoms with van der Waals surface area (Å²) in [6.45, 7) is 1.22. The molecule has 0 aliphatic carbocycles. The lowest BCUT2D eigenvalue weighted by Crippen LogP contribution is -2.46. The summed E-state index contributed by atoms with van der Waals surface area (Å²) < 4.78 is 26.5. The van der Waals surface area contributed by atoms with E-state index in [1.807, 2.05) is 7.05 Å². The minimum Gasteiger partial charge on any atom is -0.316 e. The average molecular weight is 260 g/mol. The van der Waals surface area contributed by atoms with Gasteiger partial charge in [0.15, 0.2) is 0 Å². The zero-order valence-electron chi connectivity index (χ0n) is 9.22. The van der Waals surface area contributed by atoms with Crippen LogP contribution in [-0.2, 0) is 10.0 Å². The third-order valence-corrected chi connectivity index (χ3v) is 6.12. The molecule has 1 aliphatic heterocycles. The lowest BCUT2D eigenvalue weighted by atomic mass is 10.1. The molecule has 4 nitrogen and oxygen atoms in total. The Kier molecular flexibility index (Phi) is 3.63. The molecule has 90 valence electrons. The van der Waals surface area contributed by atoms with Crippen LogP contribution in [0.25, 0.3) is 0 Å². The smallest absolute Gasteiger partial charge is 0.252 e. The molecule has 16 heavy (non-hydrogen) atoms. The van der Waals surface area contributed by atoms with Crippen molar-refractivity contribution in [2.45, 2.75) is 23.1 Å². The summed E-state index contributed by atoms with van der Waals surface area (Å²) in [5, 5.41) is 4.95. The Bertz CT molecular complexity index is 428. The SMILES string of the molecule is CN[C@H]1CCCN(S(=O)(=O)c2cccs2)C1. The molecular weight excluding hydrogens is 244 g/mol. The first-order chi connectivity index (χ1) is 7.64. The van der Waals surface area contributed by atoms with Crippen molar-refractivity contribution in [3.05, 3.63) is 17.5 Å². The van der Waals surface area contributed by atoms with E-state index in [0.717, 1.165) is 12.8 Å². The third kappa shape index (κ3) is 2.29. The highest BCUT2D eigenvalue weighted by Crippen LogP contribution is 2.23. The van der Waals surface area contributed by atoms with Gasteiger partial charge in [0, 0.05) is 19.1 Å². The summed E-state index contributed by atoms with van der Waals surface area (Å²) in [7, 11) is -1.37. The molecule has 1 N–H and O–H groups in total. The van der Waals surface area contributed by atoms with Crippen molar-refractivity contribution >= 4 is 21.4 Å². The molecule has 1 aromatic heterocycles. The topological polar surface area (TPSA) is 49.4 Å². The van der Waals surface area contributed by atoms with Crippen LogP contribution in [0.1, 0.15) is 12.8 Å². The van der Waals surface area contributed by atoms with E-state index in [2.05, 4.69) is 5.32 Å². The van der Waals surface area contributed by atoms with Gasteiger partial charge in [-0.15, -0.1) is 11.3 Å². The van der Waals surface area contributed by atoms with E-state index in [1.54, 1.807) is 21.8 Å². The van der Waals surface area contributed by atoms with Gasteiger partial charge in [-0.25, -0.2) is 8.42 Å². The van der Waals surface area contributed by atoms with Crippen LogP contribution in [0.15, 0.2) is 21.7 Å². The van der Waals surface area contributed by atoms with Crippen LogP contribution in [0.5, 0.6) is 0 Å². The monoisotopic (exact) mass is 260 g/mol. The fourth-order valence-corrected chi connectivity index (χ4v) is 4.60. The molecule has 0 spiro atoms. The Morgan fingerprint density at radius 3 is 3.00 bits per heavy atom. The van der Waals surface area contributed by atoms with Crippen LogP contribution in [0.4, 0.5) is 0 Å². The number of rotatable bonds is 3. The fraction of sp³-hybridized carbons (Fsp3) is 0.600. The zero-order chi connectivity index (χ0) is 11.6. The average Bonchev–Trinajstić information content (AvgIpc) is 2.83. The highest BCUT2D eigenvalue weighted by molar-refractivity contribution is 7.91. The molecule has 2 heterocycles. The Labute approximate surface area is 100 Å². The molecule has 1 fully saturated rings. The lowest BCUT2D eigenvalue weighted by molar-refractivity contribution is 0.293. The largest absolute Gasteiger partial charge is 0.316 e. The molecule has 1 aliphatic rings. The van der Waals surface area contributed by atoms with Crippen molar-refractivity contribution in [1.29, 1.82) is 0 Å². The minimum absolute atomic E-state index is 0.281. The molecule has 0 amide bonds. The molecule has 1 saturated heterocycles. The van der Waals surface area contributed by atoms with Crippen LogP contribution >= 0.6 is 11.3 Å². The van der Waals surface area contributed by atoms with Crippen LogP contribution in [0.3, 0.4) is 0 Å². The molecule has 2 rings (SSSR count).